The van der Waals surface area contributed by atoms with E-state index in [4.69, 9.17) is 4.74 Å². The van der Waals surface area contributed by atoms with Gasteiger partial charge in [-0.2, -0.15) is 0 Å². The summed E-state index contributed by atoms with van der Waals surface area (Å²) < 4.78 is 5.20. The molecule has 1 aromatic carbocycles. The summed E-state index contributed by atoms with van der Waals surface area (Å²) in [6.07, 6.45) is 1.92. The van der Waals surface area contributed by atoms with Crippen LogP contribution >= 0.6 is 0 Å². The van der Waals surface area contributed by atoms with Crippen molar-refractivity contribution in [1.82, 2.24) is 4.98 Å². The maximum absolute atomic E-state index is 5.20. The molecule has 15 heavy (non-hydrogen) atoms. The van der Waals surface area contributed by atoms with Crippen molar-refractivity contribution in [3.63, 3.8) is 0 Å². The van der Waals surface area contributed by atoms with Gasteiger partial charge in [-0.3, -0.25) is 4.98 Å². The van der Waals surface area contributed by atoms with E-state index in [0.29, 0.717) is 5.92 Å². The van der Waals surface area contributed by atoms with Gasteiger partial charge in [0.05, 0.1) is 7.11 Å². The minimum atomic E-state index is 0.459. The molecule has 0 atom stereocenters. The fraction of sp³-hybridized carbons (Fsp3) is 0.308. The van der Waals surface area contributed by atoms with Crippen LogP contribution in [0.1, 0.15) is 25.5 Å². The van der Waals surface area contributed by atoms with Crippen LogP contribution in [0.2, 0.25) is 0 Å². The van der Waals surface area contributed by atoms with Gasteiger partial charge < -0.3 is 4.74 Å². The highest BCUT2D eigenvalue weighted by Crippen LogP contribution is 2.22. The Bertz CT molecular complexity index is 477. The smallest absolute Gasteiger partial charge is 0.119 e. The number of aromatic nitrogens is 1. The Morgan fingerprint density at radius 1 is 1.13 bits per heavy atom. The molecule has 2 rings (SSSR count). The lowest BCUT2D eigenvalue weighted by atomic mass is 10.1. The molecule has 0 unspecified atom stereocenters. The Balaban J connectivity index is 2.57. The van der Waals surface area contributed by atoms with Crippen LogP contribution in [0.3, 0.4) is 0 Å². The first kappa shape index (κ1) is 9.97. The fourth-order valence-corrected chi connectivity index (χ4v) is 1.58. The molecule has 1 heterocycles. The molecule has 0 aliphatic rings. The summed E-state index contributed by atoms with van der Waals surface area (Å²) in [5, 5.41) is 2.34. The number of pyridine rings is 1. The number of benzene rings is 1. The lowest BCUT2D eigenvalue weighted by Gasteiger charge is -2.06. The zero-order valence-corrected chi connectivity index (χ0v) is 9.32. The standard InChI is InChI=1S/C13H15NO/c1-9(2)13-7-11-6-12(15-3)5-4-10(11)8-14-13/h4-9H,1-3H3. The molecule has 0 fully saturated rings. The number of hydrogen-bond acceptors (Lipinski definition) is 2. The molecule has 2 heteroatoms. The van der Waals surface area contributed by atoms with Crippen molar-refractivity contribution in [2.75, 3.05) is 7.11 Å². The highest BCUT2D eigenvalue weighted by molar-refractivity contribution is 5.83. The molecule has 0 saturated heterocycles. The van der Waals surface area contributed by atoms with Crippen LogP contribution in [0.5, 0.6) is 5.75 Å². The van der Waals surface area contributed by atoms with Crippen molar-refractivity contribution in [2.45, 2.75) is 19.8 Å². The van der Waals surface area contributed by atoms with E-state index in [1.807, 2.05) is 24.4 Å². The van der Waals surface area contributed by atoms with Crippen molar-refractivity contribution in [2.24, 2.45) is 0 Å². The van der Waals surface area contributed by atoms with Crippen LogP contribution < -0.4 is 4.74 Å². The largest absolute Gasteiger partial charge is 0.497 e. The number of hydrogen-bond donors (Lipinski definition) is 0. The number of fused-ring (bicyclic) bond motifs is 1. The Morgan fingerprint density at radius 3 is 2.60 bits per heavy atom. The first-order valence-electron chi connectivity index (χ1n) is 5.14. The third-order valence-electron chi connectivity index (χ3n) is 2.54. The van der Waals surface area contributed by atoms with Gasteiger partial charge in [-0.15, -0.1) is 0 Å². The summed E-state index contributed by atoms with van der Waals surface area (Å²) in [7, 11) is 1.69. The van der Waals surface area contributed by atoms with Gasteiger partial charge in [0, 0.05) is 17.3 Å². The Morgan fingerprint density at radius 2 is 1.93 bits per heavy atom. The van der Waals surface area contributed by atoms with E-state index in [1.165, 1.54) is 5.39 Å². The van der Waals surface area contributed by atoms with Crippen molar-refractivity contribution >= 4 is 10.8 Å². The third kappa shape index (κ3) is 1.94. The average Bonchev–Trinajstić information content (AvgIpc) is 2.27. The summed E-state index contributed by atoms with van der Waals surface area (Å²) in [5.41, 5.74) is 1.12. The molecular formula is C13H15NO. The maximum atomic E-state index is 5.20. The second kappa shape index (κ2) is 3.89. The first-order valence-corrected chi connectivity index (χ1v) is 5.14. The number of nitrogens with zero attached hydrogens (tertiary/aromatic N) is 1. The van der Waals surface area contributed by atoms with Crippen molar-refractivity contribution in [3.05, 3.63) is 36.2 Å². The van der Waals surface area contributed by atoms with Gasteiger partial charge in [0.25, 0.3) is 0 Å². The van der Waals surface area contributed by atoms with Crippen molar-refractivity contribution in [1.29, 1.82) is 0 Å². The summed E-state index contributed by atoms with van der Waals surface area (Å²) in [4.78, 5) is 4.42. The number of methoxy groups -OCH3 is 1. The van der Waals surface area contributed by atoms with Gasteiger partial charge in [0.1, 0.15) is 5.75 Å². The van der Waals surface area contributed by atoms with Gasteiger partial charge in [-0.1, -0.05) is 13.8 Å². The van der Waals surface area contributed by atoms with Crippen LogP contribution in [-0.4, -0.2) is 12.1 Å². The van der Waals surface area contributed by atoms with Gasteiger partial charge in [-0.05, 0) is 35.6 Å². The topological polar surface area (TPSA) is 22.1 Å². The minimum Gasteiger partial charge on any atom is -0.497 e. The SMILES string of the molecule is COc1ccc2cnc(C(C)C)cc2c1. The zero-order valence-electron chi connectivity index (χ0n) is 9.32. The predicted molar refractivity (Wildman–Crippen MR) is 62.4 cm³/mol. The van der Waals surface area contributed by atoms with E-state index in [-0.39, 0.29) is 0 Å². The lowest BCUT2D eigenvalue weighted by Crippen LogP contribution is -1.92. The molecule has 0 bridgehead atoms. The van der Waals surface area contributed by atoms with Gasteiger partial charge in [0.2, 0.25) is 0 Å². The van der Waals surface area contributed by atoms with Gasteiger partial charge in [-0.25, -0.2) is 0 Å². The van der Waals surface area contributed by atoms with Crippen LogP contribution in [0.4, 0.5) is 0 Å². The molecule has 2 nitrogen and oxygen atoms in total. The summed E-state index contributed by atoms with van der Waals surface area (Å²) >= 11 is 0. The van der Waals surface area contributed by atoms with E-state index >= 15 is 0 Å². The molecule has 2 aromatic rings. The highest BCUT2D eigenvalue weighted by Gasteiger charge is 2.02. The molecule has 0 aliphatic heterocycles. The second-order valence-corrected chi connectivity index (χ2v) is 3.98. The van der Waals surface area contributed by atoms with E-state index in [9.17, 15) is 0 Å². The third-order valence-corrected chi connectivity index (χ3v) is 2.54. The van der Waals surface area contributed by atoms with E-state index in [0.717, 1.165) is 16.8 Å². The predicted octanol–water partition coefficient (Wildman–Crippen LogP) is 3.37. The zero-order chi connectivity index (χ0) is 10.8. The summed E-state index contributed by atoms with van der Waals surface area (Å²) in [6, 6.07) is 8.16. The Kier molecular flexibility index (Phi) is 2.58. The van der Waals surface area contributed by atoms with Crippen LogP contribution in [0, 0.1) is 0 Å². The Hall–Kier alpha value is -1.57. The number of ether oxygens (including phenoxy) is 1. The quantitative estimate of drug-likeness (QED) is 0.743. The van der Waals surface area contributed by atoms with E-state index < -0.39 is 0 Å². The molecular weight excluding hydrogens is 186 g/mol. The van der Waals surface area contributed by atoms with Crippen LogP contribution in [-0.2, 0) is 0 Å². The molecule has 78 valence electrons. The van der Waals surface area contributed by atoms with Gasteiger partial charge in [0.15, 0.2) is 0 Å². The monoisotopic (exact) mass is 201 g/mol. The van der Waals surface area contributed by atoms with Gasteiger partial charge >= 0.3 is 0 Å². The lowest BCUT2D eigenvalue weighted by molar-refractivity contribution is 0.415. The first-order chi connectivity index (χ1) is 7.20. The number of rotatable bonds is 2. The molecule has 1 aromatic heterocycles. The molecule has 0 saturated carbocycles. The molecule has 0 aliphatic carbocycles. The van der Waals surface area contributed by atoms with Crippen LogP contribution in [0.25, 0.3) is 10.8 Å². The van der Waals surface area contributed by atoms with Crippen molar-refractivity contribution < 1.29 is 4.74 Å². The normalized spacial score (nSPS) is 10.9. The van der Waals surface area contributed by atoms with E-state index in [2.05, 4.69) is 24.9 Å². The maximum Gasteiger partial charge on any atom is 0.119 e. The fourth-order valence-electron chi connectivity index (χ4n) is 1.58. The Labute approximate surface area is 89.9 Å². The summed E-state index contributed by atoms with van der Waals surface area (Å²) in [6.45, 7) is 4.29. The van der Waals surface area contributed by atoms with Crippen LogP contribution in [0.15, 0.2) is 30.5 Å². The molecule has 0 radical (unpaired) electrons. The van der Waals surface area contributed by atoms with Crippen molar-refractivity contribution in [3.8, 4) is 5.75 Å². The second-order valence-electron chi connectivity index (χ2n) is 3.98. The molecule has 0 N–H and O–H groups in total. The average molecular weight is 201 g/mol. The molecule has 0 amide bonds. The highest BCUT2D eigenvalue weighted by atomic mass is 16.5. The summed E-state index contributed by atoms with van der Waals surface area (Å²) in [5.74, 6) is 1.35. The van der Waals surface area contributed by atoms with E-state index in [1.54, 1.807) is 7.11 Å². The molecule has 0 spiro atoms. The minimum absolute atomic E-state index is 0.459.